The molecule has 34 heavy (non-hydrogen) atoms. The fourth-order valence-electron chi connectivity index (χ4n) is 3.54. The van der Waals surface area contributed by atoms with Crippen LogP contribution in [0.1, 0.15) is 5.56 Å². The van der Waals surface area contributed by atoms with Gasteiger partial charge in [-0.2, -0.15) is 18.3 Å². The van der Waals surface area contributed by atoms with E-state index in [1.54, 1.807) is 30.3 Å². The van der Waals surface area contributed by atoms with E-state index in [4.69, 9.17) is 4.52 Å². The summed E-state index contributed by atoms with van der Waals surface area (Å²) in [6, 6.07) is 10.8. The number of aliphatic hydroxyl groups is 1. The van der Waals surface area contributed by atoms with E-state index in [0.29, 0.717) is 17.0 Å². The summed E-state index contributed by atoms with van der Waals surface area (Å²) < 4.78 is 64.3. The number of alkyl halides is 3. The lowest BCUT2D eigenvalue weighted by Crippen LogP contribution is -2.34. The van der Waals surface area contributed by atoms with Crippen LogP contribution < -0.4 is 4.90 Å². The summed E-state index contributed by atoms with van der Waals surface area (Å²) in [5.41, 5.74) is 1.57. The normalized spacial score (nSPS) is 18.6. The van der Waals surface area contributed by atoms with Gasteiger partial charge in [-0.15, -0.1) is 0 Å². The van der Waals surface area contributed by atoms with Crippen LogP contribution in [-0.2, 0) is 11.3 Å². The summed E-state index contributed by atoms with van der Waals surface area (Å²) >= 11 is 0. The van der Waals surface area contributed by atoms with Gasteiger partial charge in [-0.3, -0.25) is 4.68 Å². The van der Waals surface area contributed by atoms with Crippen LogP contribution in [0.2, 0.25) is 0 Å². The zero-order valence-electron chi connectivity index (χ0n) is 17.2. The van der Waals surface area contributed by atoms with Gasteiger partial charge in [-0.05, 0) is 18.2 Å². The second-order valence-corrected chi connectivity index (χ2v) is 7.43. The topological polar surface area (TPSA) is 102 Å². The highest BCUT2D eigenvalue weighted by atomic mass is 19.4. The average Bonchev–Trinajstić information content (AvgIpc) is 3.55. The summed E-state index contributed by atoms with van der Waals surface area (Å²) in [4.78, 5) is 9.39. The van der Waals surface area contributed by atoms with Crippen LogP contribution in [0.3, 0.4) is 0 Å². The molecule has 13 heteroatoms. The SMILES string of the molecule is OC1OC(C(F)(F)F)CN1c1ccnc(-c2cc(-c3ccon3)n(Cc3ccccc3F)n2)n1. The highest BCUT2D eigenvalue weighted by Crippen LogP contribution is 2.32. The quantitative estimate of drug-likeness (QED) is 0.438. The fourth-order valence-corrected chi connectivity index (χ4v) is 3.54. The van der Waals surface area contributed by atoms with E-state index < -0.39 is 31.1 Å². The van der Waals surface area contributed by atoms with Crippen molar-refractivity contribution in [2.45, 2.75) is 25.2 Å². The molecule has 176 valence electrons. The summed E-state index contributed by atoms with van der Waals surface area (Å²) in [5, 5.41) is 18.3. The van der Waals surface area contributed by atoms with E-state index in [-0.39, 0.29) is 23.9 Å². The Morgan fingerprint density at radius 2 is 1.94 bits per heavy atom. The summed E-state index contributed by atoms with van der Waals surface area (Å²) in [6.45, 7) is -0.562. The molecule has 0 aliphatic carbocycles. The third-order valence-corrected chi connectivity index (χ3v) is 5.20. The largest absolute Gasteiger partial charge is 0.416 e. The van der Waals surface area contributed by atoms with Crippen LogP contribution in [-0.4, -0.2) is 55.3 Å². The first kappa shape index (κ1) is 22.0. The van der Waals surface area contributed by atoms with Gasteiger partial charge in [0, 0.05) is 17.8 Å². The summed E-state index contributed by atoms with van der Waals surface area (Å²) in [7, 11) is 0. The number of halogens is 4. The van der Waals surface area contributed by atoms with Crippen molar-refractivity contribution >= 4 is 5.82 Å². The van der Waals surface area contributed by atoms with Crippen molar-refractivity contribution in [3.05, 3.63) is 66.3 Å². The maximum Gasteiger partial charge on any atom is 0.416 e. The Hall–Kier alpha value is -3.84. The summed E-state index contributed by atoms with van der Waals surface area (Å²) in [5.74, 6) is -0.306. The Bertz CT molecular complexity index is 1290. The second-order valence-electron chi connectivity index (χ2n) is 7.43. The second kappa shape index (κ2) is 8.50. The van der Waals surface area contributed by atoms with Gasteiger partial charge in [-0.25, -0.2) is 14.4 Å². The maximum absolute atomic E-state index is 14.2. The van der Waals surface area contributed by atoms with Gasteiger partial charge in [0.1, 0.15) is 29.3 Å². The van der Waals surface area contributed by atoms with Gasteiger partial charge < -0.3 is 19.3 Å². The molecule has 4 heterocycles. The van der Waals surface area contributed by atoms with Crippen LogP contribution in [0.15, 0.2) is 59.4 Å². The Balaban J connectivity index is 1.49. The molecule has 0 radical (unpaired) electrons. The third-order valence-electron chi connectivity index (χ3n) is 5.20. The number of aliphatic hydroxyl groups excluding tert-OH is 1. The molecule has 2 atom stereocenters. The Morgan fingerprint density at radius 3 is 2.65 bits per heavy atom. The van der Waals surface area contributed by atoms with E-state index in [1.165, 1.54) is 29.3 Å². The maximum atomic E-state index is 14.2. The van der Waals surface area contributed by atoms with Crippen LogP contribution in [0.4, 0.5) is 23.4 Å². The Labute approximate surface area is 189 Å². The van der Waals surface area contributed by atoms with Crippen molar-refractivity contribution in [2.75, 3.05) is 11.4 Å². The van der Waals surface area contributed by atoms with Gasteiger partial charge >= 0.3 is 6.18 Å². The fraction of sp³-hybridized carbons (Fsp3) is 0.238. The Kier molecular flexibility index (Phi) is 5.49. The standard InChI is InChI=1S/C21H16F4N6O3/c22-13-4-2-1-3-12(13)10-31-16(14-6-8-33-29-14)9-15(28-31)19-26-7-5-18(27-19)30-11-17(21(23,24)25)34-20(30)32/h1-9,17,20,32H,10-11H2. The molecule has 1 aliphatic heterocycles. The van der Waals surface area contributed by atoms with Crippen molar-refractivity contribution in [3.8, 4) is 22.9 Å². The van der Waals surface area contributed by atoms with Gasteiger partial charge in [0.15, 0.2) is 11.9 Å². The number of aromatic nitrogens is 5. The minimum atomic E-state index is -4.64. The molecule has 4 aromatic rings. The molecule has 0 spiro atoms. The molecule has 1 saturated heterocycles. The lowest BCUT2D eigenvalue weighted by atomic mass is 10.2. The molecule has 1 N–H and O–H groups in total. The first-order valence-corrected chi connectivity index (χ1v) is 10.0. The van der Waals surface area contributed by atoms with E-state index in [9.17, 15) is 22.7 Å². The van der Waals surface area contributed by atoms with Crippen LogP contribution >= 0.6 is 0 Å². The number of nitrogens with zero attached hydrogens (tertiary/aromatic N) is 6. The van der Waals surface area contributed by atoms with E-state index in [0.717, 1.165) is 4.90 Å². The van der Waals surface area contributed by atoms with Crippen molar-refractivity contribution in [3.63, 3.8) is 0 Å². The van der Waals surface area contributed by atoms with E-state index in [2.05, 4.69) is 25.0 Å². The zero-order valence-corrected chi connectivity index (χ0v) is 17.2. The molecule has 9 nitrogen and oxygen atoms in total. The zero-order chi connectivity index (χ0) is 23.9. The molecule has 0 amide bonds. The number of anilines is 1. The molecule has 1 aromatic carbocycles. The van der Waals surface area contributed by atoms with E-state index >= 15 is 0 Å². The number of rotatable bonds is 5. The molecule has 1 fully saturated rings. The third kappa shape index (κ3) is 4.22. The first-order chi connectivity index (χ1) is 16.3. The van der Waals surface area contributed by atoms with Gasteiger partial charge in [0.05, 0.1) is 18.8 Å². The van der Waals surface area contributed by atoms with Crippen LogP contribution in [0, 0.1) is 5.82 Å². The van der Waals surface area contributed by atoms with Crippen molar-refractivity contribution in [1.82, 2.24) is 24.9 Å². The number of hydrogen-bond acceptors (Lipinski definition) is 8. The van der Waals surface area contributed by atoms with Crippen LogP contribution in [0.5, 0.6) is 0 Å². The number of benzene rings is 1. The molecule has 0 saturated carbocycles. The molecular weight excluding hydrogens is 460 g/mol. The average molecular weight is 476 g/mol. The number of ether oxygens (including phenoxy) is 1. The lowest BCUT2D eigenvalue weighted by Gasteiger charge is -2.19. The molecular formula is C21H16F4N6O3. The minimum Gasteiger partial charge on any atom is -0.364 e. The minimum absolute atomic E-state index is 0.0240. The molecule has 1 aliphatic rings. The Morgan fingerprint density at radius 1 is 1.12 bits per heavy atom. The van der Waals surface area contributed by atoms with Gasteiger partial charge in [0.2, 0.25) is 6.41 Å². The van der Waals surface area contributed by atoms with E-state index in [1.807, 2.05) is 0 Å². The van der Waals surface area contributed by atoms with Gasteiger partial charge in [0.25, 0.3) is 0 Å². The van der Waals surface area contributed by atoms with Crippen LogP contribution in [0.25, 0.3) is 22.9 Å². The van der Waals surface area contributed by atoms with Crippen molar-refractivity contribution in [1.29, 1.82) is 0 Å². The highest BCUT2D eigenvalue weighted by molar-refractivity contribution is 5.63. The first-order valence-electron chi connectivity index (χ1n) is 10.0. The number of hydrogen-bond donors (Lipinski definition) is 1. The smallest absolute Gasteiger partial charge is 0.364 e. The monoisotopic (exact) mass is 476 g/mol. The molecule has 0 bridgehead atoms. The lowest BCUT2D eigenvalue weighted by molar-refractivity contribution is -0.233. The predicted molar refractivity (Wildman–Crippen MR) is 109 cm³/mol. The van der Waals surface area contributed by atoms with Gasteiger partial charge in [-0.1, -0.05) is 23.4 Å². The van der Waals surface area contributed by atoms with Crippen molar-refractivity contribution < 1.29 is 31.9 Å². The van der Waals surface area contributed by atoms with Crippen molar-refractivity contribution in [2.24, 2.45) is 0 Å². The molecule has 2 unspecified atom stereocenters. The highest BCUT2D eigenvalue weighted by Gasteiger charge is 2.49. The summed E-state index contributed by atoms with van der Waals surface area (Å²) in [6.07, 6.45) is -5.91. The molecule has 5 rings (SSSR count). The predicted octanol–water partition coefficient (Wildman–Crippen LogP) is 3.23. The molecule has 3 aromatic heterocycles.